The van der Waals surface area contributed by atoms with E-state index in [2.05, 4.69) is 4.98 Å². The van der Waals surface area contributed by atoms with E-state index in [1.54, 1.807) is 11.9 Å². The minimum Gasteiger partial charge on any atom is -0.477 e. The Hall–Kier alpha value is -2.69. The van der Waals surface area contributed by atoms with Gasteiger partial charge >= 0.3 is 5.97 Å². The first kappa shape index (κ1) is 14.7. The third-order valence-corrected chi connectivity index (χ3v) is 3.15. The molecule has 0 unspecified atom stereocenters. The largest absolute Gasteiger partial charge is 0.477 e. The fourth-order valence-electron chi connectivity index (χ4n) is 1.94. The molecule has 0 saturated carbocycles. The molecular formula is C16H16N2O3. The Kier molecular flexibility index (Phi) is 4.66. The Morgan fingerprint density at radius 2 is 1.90 bits per heavy atom. The van der Waals surface area contributed by atoms with Crippen LogP contribution < -0.4 is 0 Å². The molecule has 108 valence electrons. The number of benzene rings is 1. The van der Waals surface area contributed by atoms with Crippen molar-refractivity contribution in [3.63, 3.8) is 0 Å². The number of aromatic carboxylic acids is 1. The summed E-state index contributed by atoms with van der Waals surface area (Å²) in [5.74, 6) is -1.35. The Morgan fingerprint density at radius 1 is 1.19 bits per heavy atom. The number of nitrogens with zero attached hydrogens (tertiary/aromatic N) is 2. The van der Waals surface area contributed by atoms with Crippen LogP contribution in [0, 0.1) is 0 Å². The van der Waals surface area contributed by atoms with Gasteiger partial charge in [0.1, 0.15) is 5.69 Å². The van der Waals surface area contributed by atoms with Gasteiger partial charge in [-0.3, -0.25) is 4.79 Å². The second-order valence-corrected chi connectivity index (χ2v) is 4.70. The maximum absolute atomic E-state index is 12.2. The standard InChI is InChI=1S/C16H16N2O3/c1-18(10-8-12-5-3-2-4-6-12)15(19)13-7-9-17-14(11-13)16(20)21/h2-7,9,11H,8,10H2,1H3,(H,20,21). The molecule has 0 saturated heterocycles. The molecule has 0 atom stereocenters. The van der Waals surface area contributed by atoms with Crippen molar-refractivity contribution in [2.24, 2.45) is 0 Å². The summed E-state index contributed by atoms with van der Waals surface area (Å²) in [5.41, 5.74) is 1.35. The number of carbonyl (C=O) groups excluding carboxylic acids is 1. The minimum absolute atomic E-state index is 0.127. The number of hydrogen-bond acceptors (Lipinski definition) is 3. The second-order valence-electron chi connectivity index (χ2n) is 4.70. The van der Waals surface area contributed by atoms with Crippen molar-refractivity contribution in [3.05, 3.63) is 65.5 Å². The summed E-state index contributed by atoms with van der Waals surface area (Å²) in [6, 6.07) is 12.7. The lowest BCUT2D eigenvalue weighted by Gasteiger charge is -2.17. The van der Waals surface area contributed by atoms with Crippen LogP contribution in [-0.2, 0) is 6.42 Å². The predicted octanol–water partition coefficient (Wildman–Crippen LogP) is 2.09. The van der Waals surface area contributed by atoms with Crippen molar-refractivity contribution < 1.29 is 14.7 Å². The smallest absolute Gasteiger partial charge is 0.354 e. The zero-order valence-corrected chi connectivity index (χ0v) is 11.7. The highest BCUT2D eigenvalue weighted by atomic mass is 16.4. The fourth-order valence-corrected chi connectivity index (χ4v) is 1.94. The molecule has 0 spiro atoms. The highest BCUT2D eigenvalue weighted by Crippen LogP contribution is 2.07. The maximum Gasteiger partial charge on any atom is 0.354 e. The maximum atomic E-state index is 12.2. The molecule has 1 aromatic heterocycles. The summed E-state index contributed by atoms with van der Waals surface area (Å²) >= 11 is 0. The van der Waals surface area contributed by atoms with Crippen LogP contribution in [0.25, 0.3) is 0 Å². The van der Waals surface area contributed by atoms with E-state index in [0.29, 0.717) is 12.1 Å². The number of rotatable bonds is 5. The molecule has 0 aliphatic rings. The van der Waals surface area contributed by atoms with Crippen molar-refractivity contribution in [1.29, 1.82) is 0 Å². The molecule has 2 rings (SSSR count). The average molecular weight is 284 g/mol. The number of aromatic nitrogens is 1. The topological polar surface area (TPSA) is 70.5 Å². The lowest BCUT2D eigenvalue weighted by atomic mass is 10.1. The van der Waals surface area contributed by atoms with Gasteiger partial charge in [-0.05, 0) is 24.1 Å². The number of carbonyl (C=O) groups is 2. The van der Waals surface area contributed by atoms with Crippen LogP contribution >= 0.6 is 0 Å². The summed E-state index contributed by atoms with van der Waals surface area (Å²) in [7, 11) is 1.70. The number of likely N-dealkylation sites (N-methyl/N-ethyl adjacent to an activating group) is 1. The lowest BCUT2D eigenvalue weighted by molar-refractivity contribution is 0.0690. The van der Waals surface area contributed by atoms with E-state index >= 15 is 0 Å². The molecular weight excluding hydrogens is 268 g/mol. The van der Waals surface area contributed by atoms with Crippen LogP contribution in [0.4, 0.5) is 0 Å². The van der Waals surface area contributed by atoms with Gasteiger partial charge in [-0.15, -0.1) is 0 Å². The third kappa shape index (κ3) is 3.89. The first-order valence-corrected chi connectivity index (χ1v) is 6.56. The van der Waals surface area contributed by atoms with E-state index < -0.39 is 5.97 Å². The molecule has 1 heterocycles. The summed E-state index contributed by atoms with van der Waals surface area (Å²) in [5, 5.41) is 8.89. The summed E-state index contributed by atoms with van der Waals surface area (Å²) < 4.78 is 0. The highest BCUT2D eigenvalue weighted by Gasteiger charge is 2.14. The van der Waals surface area contributed by atoms with Gasteiger partial charge in [0.05, 0.1) is 0 Å². The molecule has 1 N–H and O–H groups in total. The number of pyridine rings is 1. The second kappa shape index (κ2) is 6.65. The van der Waals surface area contributed by atoms with Crippen LogP contribution in [0.2, 0.25) is 0 Å². The van der Waals surface area contributed by atoms with E-state index in [-0.39, 0.29) is 11.6 Å². The SMILES string of the molecule is CN(CCc1ccccc1)C(=O)c1ccnc(C(=O)O)c1. The van der Waals surface area contributed by atoms with Gasteiger partial charge in [-0.1, -0.05) is 30.3 Å². The first-order chi connectivity index (χ1) is 10.1. The van der Waals surface area contributed by atoms with Crippen LogP contribution in [0.15, 0.2) is 48.7 Å². The predicted molar refractivity (Wildman–Crippen MR) is 78.3 cm³/mol. The first-order valence-electron chi connectivity index (χ1n) is 6.56. The van der Waals surface area contributed by atoms with E-state index in [1.807, 2.05) is 30.3 Å². The molecule has 2 aromatic rings. The van der Waals surface area contributed by atoms with Gasteiger partial charge in [0, 0.05) is 25.4 Å². The normalized spacial score (nSPS) is 10.1. The van der Waals surface area contributed by atoms with E-state index in [9.17, 15) is 9.59 Å². The van der Waals surface area contributed by atoms with Gasteiger partial charge < -0.3 is 10.0 Å². The molecule has 5 heteroatoms. The lowest BCUT2D eigenvalue weighted by Crippen LogP contribution is -2.29. The molecule has 5 nitrogen and oxygen atoms in total. The number of amides is 1. The summed E-state index contributed by atoms with van der Waals surface area (Å²) in [4.78, 5) is 28.4. The molecule has 0 fully saturated rings. The summed E-state index contributed by atoms with van der Waals surface area (Å²) in [6.45, 7) is 0.563. The van der Waals surface area contributed by atoms with Crippen molar-refractivity contribution in [1.82, 2.24) is 9.88 Å². The molecule has 0 radical (unpaired) electrons. The van der Waals surface area contributed by atoms with Crippen LogP contribution in [0.3, 0.4) is 0 Å². The van der Waals surface area contributed by atoms with Crippen molar-refractivity contribution in [2.75, 3.05) is 13.6 Å². The molecule has 1 amide bonds. The Morgan fingerprint density at radius 3 is 2.57 bits per heavy atom. The molecule has 0 bridgehead atoms. The van der Waals surface area contributed by atoms with Crippen molar-refractivity contribution in [3.8, 4) is 0 Å². The average Bonchev–Trinajstić information content (AvgIpc) is 2.53. The van der Waals surface area contributed by atoms with Gasteiger partial charge in [-0.2, -0.15) is 0 Å². The van der Waals surface area contributed by atoms with Crippen LogP contribution in [0.5, 0.6) is 0 Å². The van der Waals surface area contributed by atoms with E-state index in [0.717, 1.165) is 12.0 Å². The number of carboxylic acids is 1. The van der Waals surface area contributed by atoms with E-state index in [4.69, 9.17) is 5.11 Å². The van der Waals surface area contributed by atoms with Crippen molar-refractivity contribution >= 4 is 11.9 Å². The highest BCUT2D eigenvalue weighted by molar-refractivity contribution is 5.96. The van der Waals surface area contributed by atoms with Gasteiger partial charge in [0.15, 0.2) is 0 Å². The zero-order chi connectivity index (χ0) is 15.2. The Bertz CT molecular complexity index is 641. The molecule has 21 heavy (non-hydrogen) atoms. The third-order valence-electron chi connectivity index (χ3n) is 3.15. The Balaban J connectivity index is 2.02. The molecule has 1 aromatic carbocycles. The van der Waals surface area contributed by atoms with Crippen molar-refractivity contribution in [2.45, 2.75) is 6.42 Å². The Labute approximate surface area is 122 Å². The number of hydrogen-bond donors (Lipinski definition) is 1. The molecule has 0 aliphatic carbocycles. The zero-order valence-electron chi connectivity index (χ0n) is 11.7. The van der Waals surface area contributed by atoms with Gasteiger partial charge in [0.2, 0.25) is 0 Å². The van der Waals surface area contributed by atoms with Crippen LogP contribution in [0.1, 0.15) is 26.4 Å². The van der Waals surface area contributed by atoms with Crippen LogP contribution in [-0.4, -0.2) is 40.5 Å². The quantitative estimate of drug-likeness (QED) is 0.912. The van der Waals surface area contributed by atoms with Gasteiger partial charge in [-0.25, -0.2) is 9.78 Å². The fraction of sp³-hybridized carbons (Fsp3) is 0.188. The van der Waals surface area contributed by atoms with E-state index in [1.165, 1.54) is 18.3 Å². The monoisotopic (exact) mass is 284 g/mol. The molecule has 0 aliphatic heterocycles. The van der Waals surface area contributed by atoms with Gasteiger partial charge in [0.25, 0.3) is 5.91 Å². The number of carboxylic acid groups (broad SMARTS) is 1. The minimum atomic E-state index is -1.14. The summed E-state index contributed by atoms with van der Waals surface area (Å²) in [6.07, 6.45) is 2.08.